The number of benzene rings is 2. The van der Waals surface area contributed by atoms with Crippen molar-refractivity contribution in [2.24, 2.45) is 4.99 Å². The van der Waals surface area contributed by atoms with Gasteiger partial charge in [-0.15, -0.1) is 0 Å². The maximum Gasteiger partial charge on any atom is 0.229 e. The van der Waals surface area contributed by atoms with Crippen molar-refractivity contribution in [1.82, 2.24) is 5.06 Å². The highest BCUT2D eigenvalue weighted by Gasteiger charge is 2.38. The third-order valence-electron chi connectivity index (χ3n) is 3.78. The molecule has 26 heavy (non-hydrogen) atoms. The molecular formula is C18H16F3N3O2. The molecule has 1 N–H and O–H groups in total. The highest BCUT2D eigenvalue weighted by molar-refractivity contribution is 6.00. The van der Waals surface area contributed by atoms with E-state index in [4.69, 9.17) is 4.84 Å². The number of para-hydroxylation sites is 1. The molecule has 0 saturated carbocycles. The van der Waals surface area contributed by atoms with Crippen molar-refractivity contribution in [3.8, 4) is 0 Å². The summed E-state index contributed by atoms with van der Waals surface area (Å²) in [5.74, 6) is -2.33. The van der Waals surface area contributed by atoms with Crippen LogP contribution in [0.4, 0.5) is 18.9 Å². The molecule has 1 aliphatic heterocycles. The van der Waals surface area contributed by atoms with E-state index < -0.39 is 29.1 Å². The van der Waals surface area contributed by atoms with Gasteiger partial charge in [0, 0.05) is 7.05 Å². The van der Waals surface area contributed by atoms with Gasteiger partial charge in [0.15, 0.2) is 11.6 Å². The summed E-state index contributed by atoms with van der Waals surface area (Å²) in [5.41, 5.74) is -1.38. The summed E-state index contributed by atoms with van der Waals surface area (Å²) in [4.78, 5) is 22.0. The second-order valence-electron chi connectivity index (χ2n) is 6.03. The van der Waals surface area contributed by atoms with Gasteiger partial charge in [-0.05, 0) is 37.3 Å². The Kier molecular flexibility index (Phi) is 4.69. The van der Waals surface area contributed by atoms with Crippen LogP contribution in [0, 0.1) is 17.5 Å². The number of amides is 1. The average Bonchev–Trinajstić information content (AvgIpc) is 2.86. The van der Waals surface area contributed by atoms with Crippen molar-refractivity contribution in [3.63, 3.8) is 0 Å². The summed E-state index contributed by atoms with van der Waals surface area (Å²) >= 11 is 0. The predicted molar refractivity (Wildman–Crippen MR) is 89.8 cm³/mol. The van der Waals surface area contributed by atoms with Crippen LogP contribution in [0.1, 0.15) is 18.9 Å². The monoisotopic (exact) mass is 363 g/mol. The first-order valence-corrected chi connectivity index (χ1v) is 7.80. The molecule has 0 aliphatic carbocycles. The van der Waals surface area contributed by atoms with Gasteiger partial charge in [-0.1, -0.05) is 12.1 Å². The molecule has 5 nitrogen and oxygen atoms in total. The molecule has 1 aliphatic rings. The number of hydrogen-bond donors (Lipinski definition) is 1. The number of rotatable bonds is 4. The van der Waals surface area contributed by atoms with Crippen LogP contribution in [0.2, 0.25) is 0 Å². The lowest BCUT2D eigenvalue weighted by Crippen LogP contribution is -2.33. The zero-order valence-electron chi connectivity index (χ0n) is 14.1. The minimum absolute atomic E-state index is 0.0350. The molecule has 1 atom stereocenters. The van der Waals surface area contributed by atoms with E-state index in [1.807, 2.05) is 0 Å². The Balaban J connectivity index is 1.80. The number of hydroxylamine groups is 2. The van der Waals surface area contributed by atoms with Gasteiger partial charge in [-0.25, -0.2) is 28.1 Å². The van der Waals surface area contributed by atoms with Crippen molar-refractivity contribution < 1.29 is 22.8 Å². The van der Waals surface area contributed by atoms with Gasteiger partial charge in [0.2, 0.25) is 5.91 Å². The van der Waals surface area contributed by atoms with E-state index >= 15 is 0 Å². The first kappa shape index (κ1) is 17.9. The molecule has 0 aromatic heterocycles. The topological polar surface area (TPSA) is 53.9 Å². The maximum absolute atomic E-state index is 14.0. The van der Waals surface area contributed by atoms with E-state index in [0.717, 1.165) is 18.2 Å². The lowest BCUT2D eigenvalue weighted by Gasteiger charge is -2.21. The van der Waals surface area contributed by atoms with Crippen molar-refractivity contribution >= 4 is 17.4 Å². The number of carbonyl (C=O) groups excluding carboxylic acids is 1. The van der Waals surface area contributed by atoms with Crippen LogP contribution in [0.25, 0.3) is 0 Å². The fraction of sp³-hybridized carbons (Fsp3) is 0.222. The normalized spacial score (nSPS) is 19.4. The van der Waals surface area contributed by atoms with Crippen LogP contribution in [-0.4, -0.2) is 29.6 Å². The van der Waals surface area contributed by atoms with E-state index in [1.165, 1.54) is 37.2 Å². The van der Waals surface area contributed by atoms with Crippen LogP contribution in [0.5, 0.6) is 0 Å². The number of anilines is 1. The van der Waals surface area contributed by atoms with Crippen LogP contribution < -0.4 is 5.32 Å². The lowest BCUT2D eigenvalue weighted by atomic mass is 10.1. The van der Waals surface area contributed by atoms with E-state index in [-0.39, 0.29) is 23.5 Å². The molecule has 2 aromatic carbocycles. The molecule has 3 rings (SSSR count). The van der Waals surface area contributed by atoms with Gasteiger partial charge in [0.1, 0.15) is 17.5 Å². The molecule has 136 valence electrons. The van der Waals surface area contributed by atoms with Gasteiger partial charge >= 0.3 is 0 Å². The quantitative estimate of drug-likeness (QED) is 0.905. The van der Waals surface area contributed by atoms with Crippen LogP contribution in [-0.2, 0) is 9.63 Å². The fourth-order valence-corrected chi connectivity index (χ4v) is 2.68. The molecule has 8 heteroatoms. The summed E-state index contributed by atoms with van der Waals surface area (Å²) in [6.45, 7) is 1.52. The third kappa shape index (κ3) is 3.70. The number of aliphatic imine (C=N–C) groups is 1. The minimum Gasteiger partial charge on any atom is -0.323 e. The van der Waals surface area contributed by atoms with Crippen LogP contribution in [0.15, 0.2) is 47.5 Å². The van der Waals surface area contributed by atoms with Gasteiger partial charge < -0.3 is 5.32 Å². The standard InChI is InChI=1S/C18H16F3N3O2/c1-18(10-16(25)22-15-6-4-3-5-14(15)21)23-17(24(2)26-18)12-9-11(19)7-8-13(12)20/h3-9H,10H2,1-2H3,(H,22,25). The summed E-state index contributed by atoms with van der Waals surface area (Å²) in [6.07, 6.45) is -0.244. The Labute approximate surface area is 148 Å². The summed E-state index contributed by atoms with van der Waals surface area (Å²) in [5, 5.41) is 3.61. The maximum atomic E-state index is 14.0. The molecule has 0 radical (unpaired) electrons. The van der Waals surface area contributed by atoms with E-state index in [1.54, 1.807) is 6.07 Å². The number of nitrogens with one attached hydrogen (secondary N) is 1. The van der Waals surface area contributed by atoms with Crippen LogP contribution >= 0.6 is 0 Å². The number of halogens is 3. The highest BCUT2D eigenvalue weighted by atomic mass is 19.1. The SMILES string of the molecule is CN1OC(C)(CC(=O)Nc2ccccc2F)N=C1c1cc(F)ccc1F. The number of nitrogens with zero attached hydrogens (tertiary/aromatic N) is 2. The Hall–Kier alpha value is -2.87. The molecule has 0 fully saturated rings. The van der Waals surface area contributed by atoms with Gasteiger partial charge in [0.05, 0.1) is 17.7 Å². The van der Waals surface area contributed by atoms with Gasteiger partial charge in [0.25, 0.3) is 0 Å². The largest absolute Gasteiger partial charge is 0.323 e. The molecule has 1 unspecified atom stereocenters. The molecule has 1 heterocycles. The number of carbonyl (C=O) groups is 1. The number of amidine groups is 1. The summed E-state index contributed by atoms with van der Waals surface area (Å²) < 4.78 is 41.0. The molecular weight excluding hydrogens is 347 g/mol. The van der Waals surface area contributed by atoms with Crippen molar-refractivity contribution in [2.75, 3.05) is 12.4 Å². The Morgan fingerprint density at radius 1 is 1.19 bits per heavy atom. The van der Waals surface area contributed by atoms with E-state index in [2.05, 4.69) is 10.3 Å². The van der Waals surface area contributed by atoms with Crippen molar-refractivity contribution in [1.29, 1.82) is 0 Å². The molecule has 1 amide bonds. The molecule has 0 saturated heterocycles. The Bertz CT molecular complexity index is 888. The highest BCUT2D eigenvalue weighted by Crippen LogP contribution is 2.29. The zero-order valence-corrected chi connectivity index (χ0v) is 14.1. The predicted octanol–water partition coefficient (Wildman–Crippen LogP) is 3.47. The molecule has 0 bridgehead atoms. The second kappa shape index (κ2) is 6.80. The van der Waals surface area contributed by atoms with Crippen LogP contribution in [0.3, 0.4) is 0 Å². The second-order valence-corrected chi connectivity index (χ2v) is 6.03. The number of hydrogen-bond acceptors (Lipinski definition) is 4. The third-order valence-corrected chi connectivity index (χ3v) is 3.78. The minimum atomic E-state index is -1.34. The van der Waals surface area contributed by atoms with Gasteiger partial charge in [-0.2, -0.15) is 0 Å². The fourth-order valence-electron chi connectivity index (χ4n) is 2.68. The summed E-state index contributed by atoms with van der Waals surface area (Å²) in [6, 6.07) is 8.72. The summed E-state index contributed by atoms with van der Waals surface area (Å²) in [7, 11) is 1.48. The van der Waals surface area contributed by atoms with Crippen molar-refractivity contribution in [2.45, 2.75) is 19.1 Å². The molecule has 2 aromatic rings. The Morgan fingerprint density at radius 3 is 2.65 bits per heavy atom. The zero-order chi connectivity index (χ0) is 18.9. The van der Waals surface area contributed by atoms with Crippen molar-refractivity contribution in [3.05, 3.63) is 65.5 Å². The average molecular weight is 363 g/mol. The van der Waals surface area contributed by atoms with E-state index in [9.17, 15) is 18.0 Å². The first-order valence-electron chi connectivity index (χ1n) is 7.80. The first-order chi connectivity index (χ1) is 12.3. The molecule has 0 spiro atoms. The Morgan fingerprint density at radius 2 is 1.92 bits per heavy atom. The van der Waals surface area contributed by atoms with Gasteiger partial charge in [-0.3, -0.25) is 4.79 Å². The smallest absolute Gasteiger partial charge is 0.229 e. The van der Waals surface area contributed by atoms with E-state index in [0.29, 0.717) is 0 Å². The lowest BCUT2D eigenvalue weighted by molar-refractivity contribution is -0.164.